The predicted octanol–water partition coefficient (Wildman–Crippen LogP) is -0.423. The number of hydrogen-bond donors (Lipinski definition) is 2. The largest absolute Gasteiger partial charge is 0.379 e. The van der Waals surface area contributed by atoms with Crippen LogP contribution in [0.2, 0.25) is 0 Å². The fourth-order valence-electron chi connectivity index (χ4n) is 2.39. The molecule has 0 aromatic heterocycles. The van der Waals surface area contributed by atoms with E-state index in [1.807, 2.05) is 0 Å². The molecule has 0 radical (unpaired) electrons. The molecule has 2 N–H and O–H groups in total. The van der Waals surface area contributed by atoms with Crippen molar-refractivity contribution in [1.29, 1.82) is 0 Å². The summed E-state index contributed by atoms with van der Waals surface area (Å²) in [5, 5.41) is 6.40. The highest BCUT2D eigenvalue weighted by Gasteiger charge is 2.18. The Morgan fingerprint density at radius 3 is 3.12 bits per heavy atom. The molecule has 98 valence electrons. The molecule has 2 aliphatic heterocycles. The van der Waals surface area contributed by atoms with Gasteiger partial charge in [0.25, 0.3) is 0 Å². The van der Waals surface area contributed by atoms with Crippen LogP contribution >= 0.6 is 0 Å². The van der Waals surface area contributed by atoms with Crippen LogP contribution in [0.5, 0.6) is 0 Å². The van der Waals surface area contributed by atoms with Crippen molar-refractivity contribution in [3.8, 4) is 0 Å². The molecule has 2 heterocycles. The molecule has 0 aromatic rings. The maximum atomic E-state index is 11.9. The molecule has 2 saturated heterocycles. The number of nitrogens with one attached hydrogen (secondary N) is 2. The molecular formula is C12H23N3O2. The summed E-state index contributed by atoms with van der Waals surface area (Å²) in [5.41, 5.74) is 0. The molecule has 1 unspecified atom stereocenters. The van der Waals surface area contributed by atoms with Crippen LogP contribution < -0.4 is 10.6 Å². The minimum Gasteiger partial charge on any atom is -0.379 e. The van der Waals surface area contributed by atoms with Gasteiger partial charge in [0.15, 0.2) is 0 Å². The smallest absolute Gasteiger partial charge is 0.234 e. The third-order valence-electron chi connectivity index (χ3n) is 3.33. The number of nitrogens with zero attached hydrogens (tertiary/aromatic N) is 1. The molecule has 0 bridgehead atoms. The predicted molar refractivity (Wildman–Crippen MR) is 65.9 cm³/mol. The van der Waals surface area contributed by atoms with Crippen molar-refractivity contribution >= 4 is 5.91 Å². The van der Waals surface area contributed by atoms with E-state index in [9.17, 15) is 4.79 Å². The average Bonchev–Trinajstić information content (AvgIpc) is 2.59. The van der Waals surface area contributed by atoms with Crippen molar-refractivity contribution in [2.75, 3.05) is 45.9 Å². The first-order valence-corrected chi connectivity index (χ1v) is 6.65. The number of rotatable bonds is 3. The van der Waals surface area contributed by atoms with E-state index >= 15 is 0 Å². The maximum absolute atomic E-state index is 11.9. The van der Waals surface area contributed by atoms with E-state index in [2.05, 4.69) is 15.5 Å². The van der Waals surface area contributed by atoms with Gasteiger partial charge < -0.3 is 15.4 Å². The summed E-state index contributed by atoms with van der Waals surface area (Å²) in [6.07, 6.45) is 3.23. The number of carbonyl (C=O) groups is 1. The van der Waals surface area contributed by atoms with Crippen molar-refractivity contribution in [2.45, 2.75) is 25.3 Å². The van der Waals surface area contributed by atoms with Crippen molar-refractivity contribution < 1.29 is 9.53 Å². The van der Waals surface area contributed by atoms with E-state index in [4.69, 9.17) is 4.74 Å². The van der Waals surface area contributed by atoms with Gasteiger partial charge in [0, 0.05) is 19.7 Å². The number of ether oxygens (including phenoxy) is 1. The molecule has 2 rings (SSSR count). The van der Waals surface area contributed by atoms with Gasteiger partial charge in [-0.3, -0.25) is 9.69 Å². The molecule has 2 fully saturated rings. The van der Waals surface area contributed by atoms with Crippen molar-refractivity contribution in [3.63, 3.8) is 0 Å². The first kappa shape index (κ1) is 12.8. The number of amides is 1. The van der Waals surface area contributed by atoms with Crippen LogP contribution in [0, 0.1) is 0 Å². The summed E-state index contributed by atoms with van der Waals surface area (Å²) in [6.45, 7) is 6.07. The number of hydrogen-bond acceptors (Lipinski definition) is 4. The third-order valence-corrected chi connectivity index (χ3v) is 3.33. The lowest BCUT2D eigenvalue weighted by atomic mass is 10.1. The van der Waals surface area contributed by atoms with Crippen LogP contribution in [0.15, 0.2) is 0 Å². The first-order chi connectivity index (χ1) is 8.34. The van der Waals surface area contributed by atoms with Gasteiger partial charge in [-0.25, -0.2) is 0 Å². The van der Waals surface area contributed by atoms with Crippen molar-refractivity contribution in [2.24, 2.45) is 0 Å². The summed E-state index contributed by atoms with van der Waals surface area (Å²) in [5.74, 6) is 0.141. The molecule has 5 nitrogen and oxygen atoms in total. The summed E-state index contributed by atoms with van der Waals surface area (Å²) < 4.78 is 5.35. The zero-order valence-electron chi connectivity index (χ0n) is 10.4. The second-order valence-corrected chi connectivity index (χ2v) is 4.86. The van der Waals surface area contributed by atoms with Crippen LogP contribution in [-0.2, 0) is 9.53 Å². The molecule has 5 heteroatoms. The lowest BCUT2D eigenvalue weighted by molar-refractivity contribution is -0.123. The van der Waals surface area contributed by atoms with Crippen molar-refractivity contribution in [1.82, 2.24) is 15.5 Å². The summed E-state index contributed by atoms with van der Waals surface area (Å²) in [7, 11) is 0. The molecule has 1 atom stereocenters. The van der Waals surface area contributed by atoms with Crippen LogP contribution in [0.25, 0.3) is 0 Å². The van der Waals surface area contributed by atoms with Crippen LogP contribution in [0.4, 0.5) is 0 Å². The normalized spacial score (nSPS) is 27.4. The first-order valence-electron chi connectivity index (χ1n) is 6.65. The van der Waals surface area contributed by atoms with Gasteiger partial charge >= 0.3 is 0 Å². The van der Waals surface area contributed by atoms with Gasteiger partial charge in [-0.2, -0.15) is 0 Å². The Bertz CT molecular complexity index is 234. The molecule has 0 aromatic carbocycles. The minimum atomic E-state index is 0.141. The number of carbonyl (C=O) groups excluding carboxylic acids is 1. The van der Waals surface area contributed by atoms with Crippen LogP contribution in [0.3, 0.4) is 0 Å². The molecule has 0 aliphatic carbocycles. The van der Waals surface area contributed by atoms with Crippen LogP contribution in [-0.4, -0.2) is 62.8 Å². The SMILES string of the molecule is O=C(CN1CCCNCC1)NC1CCCOC1. The fourth-order valence-corrected chi connectivity index (χ4v) is 2.39. The van der Waals surface area contributed by atoms with E-state index in [1.54, 1.807) is 0 Å². The second kappa shape index (κ2) is 6.93. The highest BCUT2D eigenvalue weighted by atomic mass is 16.5. The second-order valence-electron chi connectivity index (χ2n) is 4.86. The van der Waals surface area contributed by atoms with Gasteiger partial charge in [0.05, 0.1) is 19.2 Å². The van der Waals surface area contributed by atoms with Gasteiger partial charge in [0.1, 0.15) is 0 Å². The molecule has 1 amide bonds. The summed E-state index contributed by atoms with van der Waals surface area (Å²) in [6, 6.07) is 0.223. The molecule has 0 spiro atoms. The molecule has 2 aliphatic rings. The van der Waals surface area contributed by atoms with Crippen LogP contribution in [0.1, 0.15) is 19.3 Å². The zero-order chi connectivity index (χ0) is 11.9. The Kier molecular flexibility index (Phi) is 5.22. The maximum Gasteiger partial charge on any atom is 0.234 e. The lowest BCUT2D eigenvalue weighted by Gasteiger charge is -2.25. The Balaban J connectivity index is 1.68. The highest BCUT2D eigenvalue weighted by molar-refractivity contribution is 5.78. The quantitative estimate of drug-likeness (QED) is 0.704. The summed E-state index contributed by atoms with van der Waals surface area (Å²) >= 11 is 0. The van der Waals surface area contributed by atoms with E-state index in [0.717, 1.165) is 52.0 Å². The Morgan fingerprint density at radius 1 is 1.35 bits per heavy atom. The third kappa shape index (κ3) is 4.61. The molecule has 0 saturated carbocycles. The molecular weight excluding hydrogens is 218 g/mol. The van der Waals surface area contributed by atoms with E-state index in [-0.39, 0.29) is 11.9 Å². The van der Waals surface area contributed by atoms with Crippen molar-refractivity contribution in [3.05, 3.63) is 0 Å². The lowest BCUT2D eigenvalue weighted by Crippen LogP contribution is -2.45. The van der Waals surface area contributed by atoms with E-state index in [0.29, 0.717) is 13.2 Å². The van der Waals surface area contributed by atoms with Gasteiger partial charge in [-0.1, -0.05) is 0 Å². The highest BCUT2D eigenvalue weighted by Crippen LogP contribution is 2.05. The average molecular weight is 241 g/mol. The van der Waals surface area contributed by atoms with E-state index < -0.39 is 0 Å². The zero-order valence-corrected chi connectivity index (χ0v) is 10.4. The topological polar surface area (TPSA) is 53.6 Å². The Morgan fingerprint density at radius 2 is 2.29 bits per heavy atom. The molecule has 17 heavy (non-hydrogen) atoms. The Hall–Kier alpha value is -0.650. The fraction of sp³-hybridized carbons (Fsp3) is 0.917. The minimum absolute atomic E-state index is 0.141. The van der Waals surface area contributed by atoms with Gasteiger partial charge in [0.2, 0.25) is 5.91 Å². The monoisotopic (exact) mass is 241 g/mol. The standard InChI is InChI=1S/C12H23N3O2/c16-12(14-11-3-1-8-17-10-11)9-15-6-2-4-13-5-7-15/h11,13H,1-10H2,(H,14,16). The van der Waals surface area contributed by atoms with Gasteiger partial charge in [-0.05, 0) is 32.4 Å². The van der Waals surface area contributed by atoms with E-state index in [1.165, 1.54) is 0 Å². The summed E-state index contributed by atoms with van der Waals surface area (Å²) in [4.78, 5) is 14.1. The Labute approximate surface area is 103 Å². The van der Waals surface area contributed by atoms with Gasteiger partial charge in [-0.15, -0.1) is 0 Å².